The molecule has 1 rings (SSSR count). The second-order valence-corrected chi connectivity index (χ2v) is 5.20. The molecule has 0 unspecified atom stereocenters. The lowest BCUT2D eigenvalue weighted by atomic mass is 10.2. The van der Waals surface area contributed by atoms with Gasteiger partial charge in [-0.05, 0) is 33.7 Å². The number of aliphatic hydroxyl groups is 1. The van der Waals surface area contributed by atoms with Crippen LogP contribution in [0.2, 0.25) is 0 Å². The monoisotopic (exact) mass is 268 g/mol. The molecule has 1 aromatic rings. The van der Waals surface area contributed by atoms with E-state index in [-0.39, 0.29) is 6.61 Å². The maximum atomic E-state index is 9.26. The summed E-state index contributed by atoms with van der Waals surface area (Å²) in [5, 5.41) is 17.2. The van der Waals surface area contributed by atoms with E-state index in [2.05, 4.69) is 36.1 Å². The Labute approximate surface area is 116 Å². The summed E-state index contributed by atoms with van der Waals surface area (Å²) in [6.07, 6.45) is 1.12. The molecular weight excluding hydrogens is 240 g/mol. The number of aliphatic hydroxyl groups excluding tert-OH is 1. The molecule has 0 aliphatic rings. The maximum Gasteiger partial charge on any atom is 0.131 e. The average Bonchev–Trinajstić information content (AvgIpc) is 2.61. The number of aryl methyl sites for hydroxylation is 2. The number of hydrogen-bond donors (Lipinski definition) is 2. The molecule has 19 heavy (non-hydrogen) atoms. The van der Waals surface area contributed by atoms with E-state index in [0.717, 1.165) is 31.0 Å². The van der Waals surface area contributed by atoms with Crippen LogP contribution in [-0.4, -0.2) is 40.6 Å². The number of aromatic nitrogens is 2. The van der Waals surface area contributed by atoms with Gasteiger partial charge in [0, 0.05) is 31.7 Å². The highest BCUT2D eigenvalue weighted by Crippen LogP contribution is 2.24. The zero-order valence-corrected chi connectivity index (χ0v) is 12.9. The van der Waals surface area contributed by atoms with Crippen LogP contribution in [0.1, 0.15) is 38.4 Å². The van der Waals surface area contributed by atoms with E-state index >= 15 is 0 Å². The lowest BCUT2D eigenvalue weighted by Crippen LogP contribution is -2.36. The van der Waals surface area contributed by atoms with Gasteiger partial charge in [-0.3, -0.25) is 4.68 Å². The number of nitrogens with zero attached hydrogens (tertiary/aromatic N) is 3. The minimum absolute atomic E-state index is 0.157. The van der Waals surface area contributed by atoms with E-state index in [9.17, 15) is 5.11 Å². The van der Waals surface area contributed by atoms with E-state index in [4.69, 9.17) is 0 Å². The topological polar surface area (TPSA) is 53.3 Å². The van der Waals surface area contributed by atoms with Crippen molar-refractivity contribution in [3.63, 3.8) is 0 Å². The van der Waals surface area contributed by atoms with Crippen molar-refractivity contribution in [2.24, 2.45) is 7.05 Å². The Balaban J connectivity index is 3.02. The van der Waals surface area contributed by atoms with Crippen LogP contribution in [0.15, 0.2) is 0 Å². The normalized spacial score (nSPS) is 11.3. The molecule has 0 fully saturated rings. The Morgan fingerprint density at radius 3 is 2.63 bits per heavy atom. The second kappa shape index (κ2) is 7.50. The van der Waals surface area contributed by atoms with Crippen molar-refractivity contribution in [1.29, 1.82) is 0 Å². The fourth-order valence-electron chi connectivity index (χ4n) is 2.36. The van der Waals surface area contributed by atoms with Crippen molar-refractivity contribution in [3.05, 3.63) is 11.3 Å². The SMILES string of the molecule is CCCNCc1c(C)nn(C)c1N(CCO)C(C)C. The molecule has 1 heterocycles. The molecule has 2 N–H and O–H groups in total. The molecule has 0 bridgehead atoms. The standard InChI is InChI=1S/C14H28N4O/c1-6-7-15-10-13-12(4)16-17(5)14(13)18(8-9-19)11(2)3/h11,15,19H,6-10H2,1-5H3. The van der Waals surface area contributed by atoms with Crippen LogP contribution in [0.4, 0.5) is 5.82 Å². The third-order valence-electron chi connectivity index (χ3n) is 3.28. The zero-order valence-electron chi connectivity index (χ0n) is 12.9. The molecule has 0 aliphatic carbocycles. The van der Waals surface area contributed by atoms with Crippen LogP contribution < -0.4 is 10.2 Å². The van der Waals surface area contributed by atoms with Gasteiger partial charge >= 0.3 is 0 Å². The predicted molar refractivity (Wildman–Crippen MR) is 79.5 cm³/mol. The predicted octanol–water partition coefficient (Wildman–Crippen LogP) is 1.44. The van der Waals surface area contributed by atoms with Crippen molar-refractivity contribution >= 4 is 5.82 Å². The first kappa shape index (κ1) is 16.0. The summed E-state index contributed by atoms with van der Waals surface area (Å²) in [5.41, 5.74) is 2.29. The highest BCUT2D eigenvalue weighted by molar-refractivity contribution is 5.50. The molecular formula is C14H28N4O. The van der Waals surface area contributed by atoms with Crippen molar-refractivity contribution < 1.29 is 5.11 Å². The smallest absolute Gasteiger partial charge is 0.131 e. The third-order valence-corrected chi connectivity index (χ3v) is 3.28. The first-order valence-electron chi connectivity index (χ1n) is 7.13. The van der Waals surface area contributed by atoms with Gasteiger partial charge in [0.05, 0.1) is 12.3 Å². The molecule has 0 spiro atoms. The number of anilines is 1. The molecule has 5 nitrogen and oxygen atoms in total. The zero-order chi connectivity index (χ0) is 14.4. The van der Waals surface area contributed by atoms with E-state index in [0.29, 0.717) is 12.6 Å². The maximum absolute atomic E-state index is 9.26. The van der Waals surface area contributed by atoms with E-state index in [1.54, 1.807) is 0 Å². The van der Waals surface area contributed by atoms with Gasteiger partial charge in [0.1, 0.15) is 5.82 Å². The summed E-state index contributed by atoms with van der Waals surface area (Å²) in [7, 11) is 1.97. The van der Waals surface area contributed by atoms with Gasteiger partial charge in [-0.2, -0.15) is 5.10 Å². The van der Waals surface area contributed by atoms with Crippen LogP contribution in [0.5, 0.6) is 0 Å². The second-order valence-electron chi connectivity index (χ2n) is 5.20. The molecule has 0 atom stereocenters. The number of nitrogens with one attached hydrogen (secondary N) is 1. The Morgan fingerprint density at radius 1 is 1.42 bits per heavy atom. The van der Waals surface area contributed by atoms with Crippen LogP contribution in [0, 0.1) is 6.92 Å². The van der Waals surface area contributed by atoms with Gasteiger partial charge < -0.3 is 15.3 Å². The molecule has 0 aromatic carbocycles. The van der Waals surface area contributed by atoms with E-state index in [1.807, 2.05) is 18.7 Å². The minimum Gasteiger partial charge on any atom is -0.395 e. The molecule has 0 amide bonds. The third kappa shape index (κ3) is 3.94. The molecule has 5 heteroatoms. The first-order valence-corrected chi connectivity index (χ1v) is 7.13. The molecule has 0 aliphatic heterocycles. The minimum atomic E-state index is 0.157. The Bertz CT molecular complexity index is 387. The summed E-state index contributed by atoms with van der Waals surface area (Å²) in [6.45, 7) is 11.1. The van der Waals surface area contributed by atoms with Crippen LogP contribution in [0.3, 0.4) is 0 Å². The quantitative estimate of drug-likeness (QED) is 0.701. The van der Waals surface area contributed by atoms with Gasteiger partial charge in [0.15, 0.2) is 0 Å². The van der Waals surface area contributed by atoms with Gasteiger partial charge in [-0.15, -0.1) is 0 Å². The van der Waals surface area contributed by atoms with Crippen LogP contribution >= 0.6 is 0 Å². The Kier molecular flexibility index (Phi) is 6.31. The summed E-state index contributed by atoms with van der Waals surface area (Å²) < 4.78 is 1.92. The van der Waals surface area contributed by atoms with Crippen molar-refractivity contribution in [1.82, 2.24) is 15.1 Å². The summed E-state index contributed by atoms with van der Waals surface area (Å²) in [5.74, 6) is 1.12. The van der Waals surface area contributed by atoms with Crippen molar-refractivity contribution in [2.45, 2.75) is 46.7 Å². The molecule has 0 saturated carbocycles. The van der Waals surface area contributed by atoms with E-state index < -0.39 is 0 Å². The number of rotatable bonds is 8. The highest BCUT2D eigenvalue weighted by Gasteiger charge is 2.20. The van der Waals surface area contributed by atoms with Gasteiger partial charge in [0.25, 0.3) is 0 Å². The lowest BCUT2D eigenvalue weighted by Gasteiger charge is -2.29. The van der Waals surface area contributed by atoms with Gasteiger partial charge in [0.2, 0.25) is 0 Å². The first-order chi connectivity index (χ1) is 9.02. The van der Waals surface area contributed by atoms with Crippen LogP contribution in [-0.2, 0) is 13.6 Å². The Hall–Kier alpha value is -1.07. The van der Waals surface area contributed by atoms with Gasteiger partial charge in [-0.25, -0.2) is 0 Å². The van der Waals surface area contributed by atoms with Gasteiger partial charge in [-0.1, -0.05) is 6.92 Å². The lowest BCUT2D eigenvalue weighted by molar-refractivity contribution is 0.298. The summed E-state index contributed by atoms with van der Waals surface area (Å²) in [6, 6.07) is 0.340. The van der Waals surface area contributed by atoms with E-state index in [1.165, 1.54) is 5.56 Å². The number of hydrogen-bond acceptors (Lipinski definition) is 4. The molecule has 110 valence electrons. The molecule has 0 saturated heterocycles. The average molecular weight is 268 g/mol. The highest BCUT2D eigenvalue weighted by atomic mass is 16.3. The van der Waals surface area contributed by atoms with Crippen LogP contribution in [0.25, 0.3) is 0 Å². The fourth-order valence-corrected chi connectivity index (χ4v) is 2.36. The molecule has 1 aromatic heterocycles. The largest absolute Gasteiger partial charge is 0.395 e. The summed E-state index contributed by atoms with van der Waals surface area (Å²) >= 11 is 0. The summed E-state index contributed by atoms with van der Waals surface area (Å²) in [4.78, 5) is 2.21. The molecule has 0 radical (unpaired) electrons. The Morgan fingerprint density at radius 2 is 2.11 bits per heavy atom. The van der Waals surface area contributed by atoms with Crippen molar-refractivity contribution in [2.75, 3.05) is 24.6 Å². The van der Waals surface area contributed by atoms with Crippen molar-refractivity contribution in [3.8, 4) is 0 Å². The fraction of sp³-hybridized carbons (Fsp3) is 0.786.